The molecule has 6 heteroatoms. The van der Waals surface area contributed by atoms with E-state index >= 15 is 0 Å². The molecule has 2 aromatic rings. The standard InChI is InChI=1S/C19H22N2O4/c1-13-4-5-14(2)17(12-13)25-11-10-18(22)20-21-19(23)15-6-8-16(24-3)9-7-15/h4-9,12H,10-11H2,1-3H3,(H,20,22)(H,21,23). The molecule has 0 unspecified atom stereocenters. The van der Waals surface area contributed by atoms with Gasteiger partial charge in [0.05, 0.1) is 20.1 Å². The summed E-state index contributed by atoms with van der Waals surface area (Å²) in [5.41, 5.74) is 7.27. The summed E-state index contributed by atoms with van der Waals surface area (Å²) in [6.45, 7) is 4.16. The first kappa shape index (κ1) is 18.3. The molecular weight excluding hydrogens is 320 g/mol. The van der Waals surface area contributed by atoms with Gasteiger partial charge < -0.3 is 9.47 Å². The molecule has 0 aliphatic rings. The Morgan fingerprint density at radius 1 is 1.00 bits per heavy atom. The largest absolute Gasteiger partial charge is 0.497 e. The highest BCUT2D eigenvalue weighted by atomic mass is 16.5. The summed E-state index contributed by atoms with van der Waals surface area (Å²) in [6.07, 6.45) is 0.135. The van der Waals surface area contributed by atoms with Crippen LogP contribution in [0.2, 0.25) is 0 Å². The number of benzene rings is 2. The number of carbonyl (C=O) groups excluding carboxylic acids is 2. The topological polar surface area (TPSA) is 76.7 Å². The van der Waals surface area contributed by atoms with E-state index in [2.05, 4.69) is 10.9 Å². The Kier molecular flexibility index (Phi) is 6.39. The van der Waals surface area contributed by atoms with Crippen LogP contribution in [0.3, 0.4) is 0 Å². The van der Waals surface area contributed by atoms with Gasteiger partial charge in [-0.05, 0) is 55.3 Å². The maximum Gasteiger partial charge on any atom is 0.269 e. The fourth-order valence-corrected chi connectivity index (χ4v) is 2.12. The Labute approximate surface area is 147 Å². The molecule has 0 aliphatic carbocycles. The molecule has 2 aromatic carbocycles. The van der Waals surface area contributed by atoms with Crippen molar-refractivity contribution in [2.45, 2.75) is 20.3 Å². The van der Waals surface area contributed by atoms with Crippen LogP contribution in [0.1, 0.15) is 27.9 Å². The molecule has 0 saturated carbocycles. The molecule has 0 radical (unpaired) electrons. The van der Waals surface area contributed by atoms with E-state index in [1.165, 1.54) is 0 Å². The summed E-state index contributed by atoms with van der Waals surface area (Å²) in [7, 11) is 1.55. The predicted octanol–water partition coefficient (Wildman–Crippen LogP) is 2.54. The lowest BCUT2D eigenvalue weighted by molar-refractivity contribution is -0.122. The van der Waals surface area contributed by atoms with Gasteiger partial charge in [0, 0.05) is 5.56 Å². The van der Waals surface area contributed by atoms with E-state index in [0.717, 1.165) is 16.9 Å². The summed E-state index contributed by atoms with van der Waals surface area (Å²) in [4.78, 5) is 23.7. The van der Waals surface area contributed by atoms with Crippen molar-refractivity contribution in [2.75, 3.05) is 13.7 Å². The third kappa shape index (κ3) is 5.53. The van der Waals surface area contributed by atoms with Crippen LogP contribution in [0.15, 0.2) is 42.5 Å². The van der Waals surface area contributed by atoms with Gasteiger partial charge in [0.25, 0.3) is 5.91 Å². The van der Waals surface area contributed by atoms with Gasteiger partial charge in [-0.25, -0.2) is 0 Å². The number of amides is 2. The molecule has 0 bridgehead atoms. The number of ether oxygens (including phenoxy) is 2. The molecule has 6 nitrogen and oxygen atoms in total. The number of aryl methyl sites for hydroxylation is 2. The molecule has 0 fully saturated rings. The first-order chi connectivity index (χ1) is 12.0. The number of hydrogen-bond acceptors (Lipinski definition) is 4. The lowest BCUT2D eigenvalue weighted by atomic mass is 10.1. The summed E-state index contributed by atoms with van der Waals surface area (Å²) >= 11 is 0. The van der Waals surface area contributed by atoms with Gasteiger partial charge >= 0.3 is 0 Å². The van der Waals surface area contributed by atoms with Crippen molar-refractivity contribution in [1.29, 1.82) is 0 Å². The van der Waals surface area contributed by atoms with Crippen LogP contribution in [-0.4, -0.2) is 25.5 Å². The summed E-state index contributed by atoms with van der Waals surface area (Å²) in [5.74, 6) is 0.692. The maximum atomic E-state index is 11.9. The zero-order valence-electron chi connectivity index (χ0n) is 14.6. The van der Waals surface area contributed by atoms with E-state index in [1.807, 2.05) is 32.0 Å². The number of methoxy groups -OCH3 is 1. The molecular formula is C19H22N2O4. The second-order valence-electron chi connectivity index (χ2n) is 5.60. The quantitative estimate of drug-likeness (QED) is 0.791. The predicted molar refractivity (Wildman–Crippen MR) is 94.6 cm³/mol. The van der Waals surface area contributed by atoms with Crippen molar-refractivity contribution >= 4 is 11.8 Å². The highest BCUT2D eigenvalue weighted by molar-refractivity contribution is 5.95. The van der Waals surface area contributed by atoms with Crippen LogP contribution in [0.25, 0.3) is 0 Å². The van der Waals surface area contributed by atoms with Crippen molar-refractivity contribution in [3.8, 4) is 11.5 Å². The monoisotopic (exact) mass is 342 g/mol. The van der Waals surface area contributed by atoms with Gasteiger partial charge in [0.1, 0.15) is 11.5 Å². The van der Waals surface area contributed by atoms with Crippen molar-refractivity contribution in [2.24, 2.45) is 0 Å². The Hall–Kier alpha value is -3.02. The smallest absolute Gasteiger partial charge is 0.269 e. The fourth-order valence-electron chi connectivity index (χ4n) is 2.12. The van der Waals surface area contributed by atoms with E-state index in [0.29, 0.717) is 11.3 Å². The SMILES string of the molecule is COc1ccc(C(=O)NNC(=O)CCOc2cc(C)ccc2C)cc1. The van der Waals surface area contributed by atoms with Crippen LogP contribution in [0.4, 0.5) is 0 Å². The summed E-state index contributed by atoms with van der Waals surface area (Å²) < 4.78 is 10.6. The van der Waals surface area contributed by atoms with E-state index in [1.54, 1.807) is 31.4 Å². The first-order valence-electron chi connectivity index (χ1n) is 7.93. The van der Waals surface area contributed by atoms with Crippen molar-refractivity contribution in [3.05, 3.63) is 59.2 Å². The maximum absolute atomic E-state index is 11.9. The van der Waals surface area contributed by atoms with Gasteiger partial charge in [-0.15, -0.1) is 0 Å². The minimum absolute atomic E-state index is 0.135. The van der Waals surface area contributed by atoms with Crippen molar-refractivity contribution < 1.29 is 19.1 Å². The van der Waals surface area contributed by atoms with Crippen LogP contribution in [0.5, 0.6) is 11.5 Å². The second-order valence-corrected chi connectivity index (χ2v) is 5.60. The Morgan fingerprint density at radius 2 is 1.72 bits per heavy atom. The highest BCUT2D eigenvalue weighted by Crippen LogP contribution is 2.19. The Balaban J connectivity index is 1.74. The minimum atomic E-state index is -0.397. The molecule has 2 N–H and O–H groups in total. The zero-order chi connectivity index (χ0) is 18.2. The average Bonchev–Trinajstić information content (AvgIpc) is 2.62. The van der Waals surface area contributed by atoms with Crippen LogP contribution in [0, 0.1) is 13.8 Å². The van der Waals surface area contributed by atoms with Gasteiger partial charge in [0.2, 0.25) is 5.91 Å². The third-order valence-electron chi connectivity index (χ3n) is 3.60. The number of nitrogens with one attached hydrogen (secondary N) is 2. The number of hydrazine groups is 1. The Bertz CT molecular complexity index is 742. The minimum Gasteiger partial charge on any atom is -0.497 e. The molecule has 0 saturated heterocycles. The van der Waals surface area contributed by atoms with Gasteiger partial charge in [-0.1, -0.05) is 12.1 Å². The third-order valence-corrected chi connectivity index (χ3v) is 3.60. The molecule has 2 amide bonds. The summed E-state index contributed by atoms with van der Waals surface area (Å²) in [6, 6.07) is 12.5. The fraction of sp³-hybridized carbons (Fsp3) is 0.263. The normalized spacial score (nSPS) is 10.0. The van der Waals surface area contributed by atoms with E-state index in [9.17, 15) is 9.59 Å². The van der Waals surface area contributed by atoms with E-state index in [-0.39, 0.29) is 18.9 Å². The molecule has 0 spiro atoms. The molecule has 0 aromatic heterocycles. The van der Waals surface area contributed by atoms with Crippen molar-refractivity contribution in [3.63, 3.8) is 0 Å². The second kappa shape index (κ2) is 8.73. The van der Waals surface area contributed by atoms with E-state index in [4.69, 9.17) is 9.47 Å². The zero-order valence-corrected chi connectivity index (χ0v) is 14.6. The number of carbonyl (C=O) groups is 2. The van der Waals surface area contributed by atoms with Crippen molar-refractivity contribution in [1.82, 2.24) is 10.9 Å². The first-order valence-corrected chi connectivity index (χ1v) is 7.93. The van der Waals surface area contributed by atoms with Gasteiger partial charge in [-0.3, -0.25) is 20.4 Å². The van der Waals surface area contributed by atoms with Gasteiger partial charge in [0.15, 0.2) is 0 Å². The number of hydrogen-bond donors (Lipinski definition) is 2. The summed E-state index contributed by atoms with van der Waals surface area (Å²) in [5, 5.41) is 0. The van der Waals surface area contributed by atoms with Crippen LogP contribution < -0.4 is 20.3 Å². The number of rotatable bonds is 6. The van der Waals surface area contributed by atoms with E-state index < -0.39 is 5.91 Å². The molecule has 0 aliphatic heterocycles. The molecule has 2 rings (SSSR count). The van der Waals surface area contributed by atoms with Crippen LogP contribution in [-0.2, 0) is 4.79 Å². The Morgan fingerprint density at radius 3 is 2.40 bits per heavy atom. The molecule has 0 atom stereocenters. The lowest BCUT2D eigenvalue weighted by Gasteiger charge is -2.11. The highest BCUT2D eigenvalue weighted by Gasteiger charge is 2.08. The van der Waals surface area contributed by atoms with Crippen LogP contribution >= 0.6 is 0 Å². The lowest BCUT2D eigenvalue weighted by Crippen LogP contribution is -2.42. The average molecular weight is 342 g/mol. The van der Waals surface area contributed by atoms with Gasteiger partial charge in [-0.2, -0.15) is 0 Å². The molecule has 0 heterocycles. The molecule has 132 valence electrons. The molecule has 25 heavy (non-hydrogen) atoms.